The Kier molecular flexibility index (Phi) is 12.3. The van der Waals surface area contributed by atoms with E-state index in [0.29, 0.717) is 16.8 Å². The number of dihydropyridines is 1. The van der Waals surface area contributed by atoms with Gasteiger partial charge in [-0.05, 0) is 30.2 Å². The van der Waals surface area contributed by atoms with Crippen molar-refractivity contribution in [1.82, 2.24) is 5.32 Å². The van der Waals surface area contributed by atoms with Crippen molar-refractivity contribution in [1.29, 1.82) is 5.26 Å². The van der Waals surface area contributed by atoms with Crippen LogP contribution in [0.2, 0.25) is 0 Å². The number of benzene rings is 2. The molecule has 264 valence electrons. The predicted molar refractivity (Wildman–Crippen MR) is 177 cm³/mol. The van der Waals surface area contributed by atoms with Gasteiger partial charge in [-0.25, -0.2) is 0 Å². The van der Waals surface area contributed by atoms with Gasteiger partial charge in [0.15, 0.2) is 41.0 Å². The standard InChI is InChI=1S/C35H36N2O12S/c1-17(38)28-29(23-12-13-25(43)26(14-23)44-6)24(15-36)34(37-30(28)22-10-8-7-9-11-22)50-35-33(48-21(5)42)32(47-20(4)41)31(46-19(3)40)27(49-35)16-45-18(2)39/h7-14,27,29,31-33,35,37,43H,16H2,1-6H3/t27-,29?,31+,32+,33-,35+/m1/s1. The zero-order chi connectivity index (χ0) is 36.7. The van der Waals surface area contributed by atoms with Crippen LogP contribution in [0.5, 0.6) is 11.5 Å². The Morgan fingerprint density at radius 1 is 0.880 bits per heavy atom. The molecule has 2 aliphatic rings. The minimum absolute atomic E-state index is 0.0560. The first-order valence-electron chi connectivity index (χ1n) is 15.3. The van der Waals surface area contributed by atoms with Gasteiger partial charge < -0.3 is 38.8 Å². The Bertz CT molecular complexity index is 1770. The predicted octanol–water partition coefficient (Wildman–Crippen LogP) is 3.64. The highest BCUT2D eigenvalue weighted by Gasteiger charge is 2.53. The van der Waals surface area contributed by atoms with E-state index in [-0.39, 0.29) is 33.5 Å². The Morgan fingerprint density at radius 3 is 2.06 bits per heavy atom. The van der Waals surface area contributed by atoms with Crippen LogP contribution >= 0.6 is 11.8 Å². The highest BCUT2D eigenvalue weighted by atomic mass is 32.2. The fourth-order valence-electron chi connectivity index (χ4n) is 5.69. The van der Waals surface area contributed by atoms with Crippen LogP contribution < -0.4 is 10.1 Å². The second kappa shape index (κ2) is 16.4. The monoisotopic (exact) mass is 708 g/mol. The van der Waals surface area contributed by atoms with E-state index in [1.54, 1.807) is 36.4 Å². The van der Waals surface area contributed by atoms with E-state index in [1.807, 2.05) is 0 Å². The lowest BCUT2D eigenvalue weighted by molar-refractivity contribution is -0.237. The number of carbonyl (C=O) groups excluding carboxylic acids is 5. The fourth-order valence-corrected chi connectivity index (χ4v) is 6.92. The normalized spacial score (nSPS) is 23.1. The topological polar surface area (TPSA) is 197 Å². The third-order valence-electron chi connectivity index (χ3n) is 7.61. The van der Waals surface area contributed by atoms with E-state index in [0.717, 1.165) is 32.5 Å². The van der Waals surface area contributed by atoms with E-state index >= 15 is 0 Å². The molecule has 0 spiro atoms. The van der Waals surface area contributed by atoms with Crippen LogP contribution in [0.25, 0.3) is 5.70 Å². The summed E-state index contributed by atoms with van der Waals surface area (Å²) in [7, 11) is 1.37. The number of hydrogen-bond acceptors (Lipinski definition) is 15. The SMILES string of the molecule is COc1cc(C2C(C#N)=C(S[C@@H]3O[C@H](COC(C)=O)[C@H](OC(C)=O)[C@H](OC(C)=O)[C@H]3OC(C)=O)NC(c3ccccc3)=C2C(C)=O)ccc1O. The molecule has 0 bridgehead atoms. The number of Topliss-reactive ketones (excluding diaryl/α,β-unsaturated/α-hetero) is 1. The number of rotatable bonds is 11. The Hall–Kier alpha value is -5.33. The molecule has 2 aromatic rings. The second-order valence-corrected chi connectivity index (χ2v) is 12.3. The molecule has 4 rings (SSSR count). The van der Waals surface area contributed by atoms with Crippen molar-refractivity contribution < 1.29 is 57.5 Å². The third kappa shape index (κ3) is 8.63. The van der Waals surface area contributed by atoms with Crippen LogP contribution in [-0.4, -0.2) is 78.3 Å². The number of carbonyl (C=O) groups is 5. The van der Waals surface area contributed by atoms with Crippen molar-refractivity contribution in [3.05, 3.63) is 75.8 Å². The summed E-state index contributed by atoms with van der Waals surface area (Å²) in [6.45, 7) is 5.46. The summed E-state index contributed by atoms with van der Waals surface area (Å²) in [6.07, 6.45) is -5.45. The number of phenols is 1. The van der Waals surface area contributed by atoms with Crippen LogP contribution in [-0.2, 0) is 47.7 Å². The number of methoxy groups -OCH3 is 1. The van der Waals surface area contributed by atoms with Gasteiger partial charge >= 0.3 is 23.9 Å². The number of nitrogens with zero attached hydrogens (tertiary/aromatic N) is 1. The maximum absolute atomic E-state index is 13.4. The van der Waals surface area contributed by atoms with Gasteiger partial charge in [-0.3, -0.25) is 24.0 Å². The summed E-state index contributed by atoms with van der Waals surface area (Å²) in [5.41, 5.74) is 0.433. The molecule has 2 aliphatic heterocycles. The van der Waals surface area contributed by atoms with E-state index in [4.69, 9.17) is 28.4 Å². The van der Waals surface area contributed by atoms with Crippen LogP contribution in [0.4, 0.5) is 0 Å². The summed E-state index contributed by atoms with van der Waals surface area (Å²) >= 11 is 0.886. The lowest BCUT2D eigenvalue weighted by atomic mass is 9.79. The average Bonchev–Trinajstić information content (AvgIpc) is 3.05. The molecule has 50 heavy (non-hydrogen) atoms. The Balaban J connectivity index is 1.93. The average molecular weight is 709 g/mol. The molecule has 0 aliphatic carbocycles. The molecule has 6 atom stereocenters. The number of nitrogens with one attached hydrogen (secondary N) is 1. The number of allylic oxidation sites excluding steroid dienone is 2. The van der Waals surface area contributed by atoms with Crippen molar-refractivity contribution in [2.75, 3.05) is 13.7 Å². The van der Waals surface area contributed by atoms with Crippen molar-refractivity contribution in [2.45, 2.75) is 70.4 Å². The number of ketones is 1. The molecule has 0 aromatic heterocycles. The molecule has 0 radical (unpaired) electrons. The minimum Gasteiger partial charge on any atom is -0.504 e. The lowest BCUT2D eigenvalue weighted by Gasteiger charge is -2.44. The summed E-state index contributed by atoms with van der Waals surface area (Å²) in [6, 6.07) is 15.6. The first-order valence-corrected chi connectivity index (χ1v) is 16.2. The van der Waals surface area contributed by atoms with Gasteiger partial charge in [0.1, 0.15) is 12.7 Å². The molecule has 0 amide bonds. The molecule has 14 nitrogen and oxygen atoms in total. The number of nitriles is 1. The smallest absolute Gasteiger partial charge is 0.303 e. The van der Waals surface area contributed by atoms with Crippen LogP contribution in [0.1, 0.15) is 51.7 Å². The molecular weight excluding hydrogens is 672 g/mol. The molecule has 2 aromatic carbocycles. The first-order chi connectivity index (χ1) is 23.7. The van der Waals surface area contributed by atoms with Gasteiger partial charge in [0.05, 0.1) is 35.4 Å². The van der Waals surface area contributed by atoms with Crippen LogP contribution in [0.3, 0.4) is 0 Å². The zero-order valence-corrected chi connectivity index (χ0v) is 28.9. The van der Waals surface area contributed by atoms with Crippen LogP contribution in [0.15, 0.2) is 64.7 Å². The maximum atomic E-state index is 13.4. The third-order valence-corrected chi connectivity index (χ3v) is 8.78. The summed E-state index contributed by atoms with van der Waals surface area (Å²) in [5.74, 6) is -4.42. The van der Waals surface area contributed by atoms with Gasteiger partial charge in [-0.15, -0.1) is 0 Å². The quantitative estimate of drug-likeness (QED) is 0.253. The molecule has 2 N–H and O–H groups in total. The largest absolute Gasteiger partial charge is 0.504 e. The second-order valence-electron chi connectivity index (χ2n) is 11.2. The molecule has 1 saturated heterocycles. The minimum atomic E-state index is -1.43. The molecule has 15 heteroatoms. The number of aromatic hydroxyl groups is 1. The Labute approximate surface area is 292 Å². The highest BCUT2D eigenvalue weighted by Crippen LogP contribution is 2.47. The van der Waals surface area contributed by atoms with Gasteiger partial charge in [0, 0.05) is 33.3 Å². The number of phenolic OH excluding ortho intramolecular Hbond substituents is 1. The van der Waals surface area contributed by atoms with Gasteiger partial charge in [-0.2, -0.15) is 5.26 Å². The number of thioether (sulfide) groups is 1. The molecule has 1 unspecified atom stereocenters. The lowest BCUT2D eigenvalue weighted by Crippen LogP contribution is -2.61. The van der Waals surface area contributed by atoms with Crippen molar-refractivity contribution in [3.63, 3.8) is 0 Å². The van der Waals surface area contributed by atoms with E-state index < -0.39 is 66.3 Å². The summed E-state index contributed by atoms with van der Waals surface area (Å²) in [4.78, 5) is 62.2. The zero-order valence-electron chi connectivity index (χ0n) is 28.1. The number of esters is 4. The summed E-state index contributed by atoms with van der Waals surface area (Å²) < 4.78 is 33.5. The van der Waals surface area contributed by atoms with E-state index in [2.05, 4.69) is 11.4 Å². The first kappa shape index (κ1) is 37.5. The Morgan fingerprint density at radius 2 is 1.50 bits per heavy atom. The number of hydrogen-bond donors (Lipinski definition) is 2. The van der Waals surface area contributed by atoms with Gasteiger partial charge in [0.25, 0.3) is 0 Å². The molecular formula is C35H36N2O12S. The molecule has 2 heterocycles. The summed E-state index contributed by atoms with van der Waals surface area (Å²) in [5, 5.41) is 24.4. The number of ether oxygens (including phenoxy) is 6. The van der Waals surface area contributed by atoms with Gasteiger partial charge in [-0.1, -0.05) is 48.2 Å². The maximum Gasteiger partial charge on any atom is 0.303 e. The highest BCUT2D eigenvalue weighted by molar-refractivity contribution is 8.03. The molecule has 0 saturated carbocycles. The van der Waals surface area contributed by atoms with Gasteiger partial charge in [0.2, 0.25) is 0 Å². The van der Waals surface area contributed by atoms with Crippen molar-refractivity contribution in [2.24, 2.45) is 0 Å². The van der Waals surface area contributed by atoms with Crippen molar-refractivity contribution >= 4 is 47.1 Å². The van der Waals surface area contributed by atoms with E-state index in [9.17, 15) is 34.3 Å². The van der Waals surface area contributed by atoms with Crippen molar-refractivity contribution in [3.8, 4) is 17.6 Å². The molecule has 1 fully saturated rings. The van der Waals surface area contributed by atoms with Crippen LogP contribution in [0, 0.1) is 11.3 Å². The fraction of sp³-hybridized carbons (Fsp3) is 0.371. The van der Waals surface area contributed by atoms with E-state index in [1.165, 1.54) is 33.1 Å².